The number of hydrogen-bond acceptors (Lipinski definition) is 3. The van der Waals surface area contributed by atoms with E-state index in [1.165, 1.54) is 4.90 Å². The van der Waals surface area contributed by atoms with E-state index in [-0.39, 0.29) is 5.91 Å². The molecule has 1 saturated heterocycles. The van der Waals surface area contributed by atoms with Gasteiger partial charge in [-0.1, -0.05) is 11.6 Å². The van der Waals surface area contributed by atoms with E-state index in [2.05, 4.69) is 0 Å². The molecule has 0 aromatic heterocycles. The Morgan fingerprint density at radius 1 is 1.19 bits per heavy atom. The first-order chi connectivity index (χ1) is 10.0. The Hall–Kier alpha value is -1.95. The Labute approximate surface area is 126 Å². The number of ether oxygens (including phenoxy) is 1. The van der Waals surface area contributed by atoms with Crippen LogP contribution in [0.25, 0.3) is 0 Å². The monoisotopic (exact) mass is 310 g/mol. The average molecular weight is 311 g/mol. The van der Waals surface area contributed by atoms with E-state index in [0.717, 1.165) is 5.56 Å². The van der Waals surface area contributed by atoms with Crippen LogP contribution in [-0.4, -0.2) is 59.2 Å². The topological polar surface area (TPSA) is 70.1 Å². The van der Waals surface area contributed by atoms with Gasteiger partial charge in [-0.15, -0.1) is 0 Å². The lowest BCUT2D eigenvalue weighted by Crippen LogP contribution is -2.53. The molecule has 1 aromatic carbocycles. The van der Waals surface area contributed by atoms with Crippen LogP contribution in [0.5, 0.6) is 5.75 Å². The summed E-state index contributed by atoms with van der Waals surface area (Å²) in [7, 11) is 0. The summed E-state index contributed by atoms with van der Waals surface area (Å²) in [5.74, 6) is 0.606. The maximum absolute atomic E-state index is 12.4. The molecule has 1 fully saturated rings. The minimum atomic E-state index is -0.943. The lowest BCUT2D eigenvalue weighted by molar-refractivity contribution is -0.139. The summed E-state index contributed by atoms with van der Waals surface area (Å²) in [5, 5.41) is 9.53. The highest BCUT2D eigenvalue weighted by atomic mass is 35.5. The summed E-state index contributed by atoms with van der Waals surface area (Å²) in [6.07, 6.45) is -0.968. The van der Waals surface area contributed by atoms with Gasteiger partial charge >= 0.3 is 6.09 Å². The molecule has 2 amide bonds. The van der Waals surface area contributed by atoms with E-state index in [1.54, 1.807) is 17.0 Å². The van der Waals surface area contributed by atoms with Gasteiger partial charge in [-0.2, -0.15) is 0 Å². The highest BCUT2D eigenvalue weighted by Crippen LogP contribution is 2.31. The van der Waals surface area contributed by atoms with Gasteiger partial charge in [0.15, 0.2) is 6.10 Å². The van der Waals surface area contributed by atoms with Gasteiger partial charge in [-0.25, -0.2) is 4.79 Å². The third-order valence-corrected chi connectivity index (χ3v) is 4.07. The summed E-state index contributed by atoms with van der Waals surface area (Å²) in [4.78, 5) is 26.3. The Bertz CT molecular complexity index is 584. The van der Waals surface area contributed by atoms with E-state index in [9.17, 15) is 9.59 Å². The number of hydrogen-bond donors (Lipinski definition) is 1. The molecule has 2 aliphatic rings. The lowest BCUT2D eigenvalue weighted by Gasteiger charge is -2.34. The lowest BCUT2D eigenvalue weighted by atomic mass is 10.1. The normalized spacial score (nSPS) is 20.9. The highest BCUT2D eigenvalue weighted by Gasteiger charge is 2.34. The number of piperazine rings is 1. The second-order valence-electron chi connectivity index (χ2n) is 5.16. The maximum Gasteiger partial charge on any atom is 0.407 e. The smallest absolute Gasteiger partial charge is 0.407 e. The number of carbonyl (C=O) groups is 2. The van der Waals surface area contributed by atoms with Crippen molar-refractivity contribution in [1.29, 1.82) is 0 Å². The molecule has 0 radical (unpaired) electrons. The molecule has 2 heterocycles. The molecule has 0 spiro atoms. The third-order valence-electron chi connectivity index (χ3n) is 3.83. The van der Waals surface area contributed by atoms with Crippen molar-refractivity contribution in [3.05, 3.63) is 28.8 Å². The average Bonchev–Trinajstić information content (AvgIpc) is 2.89. The number of nitrogens with zero attached hydrogens (tertiary/aromatic N) is 2. The van der Waals surface area contributed by atoms with Gasteiger partial charge in [0, 0.05) is 37.6 Å². The molecule has 7 heteroatoms. The van der Waals surface area contributed by atoms with Crippen LogP contribution >= 0.6 is 11.6 Å². The van der Waals surface area contributed by atoms with Gasteiger partial charge in [0.2, 0.25) is 0 Å². The fraction of sp³-hybridized carbons (Fsp3) is 0.429. The summed E-state index contributed by atoms with van der Waals surface area (Å²) in [6, 6.07) is 5.32. The molecule has 1 unspecified atom stereocenters. The summed E-state index contributed by atoms with van der Waals surface area (Å²) in [5.41, 5.74) is 0.935. The third kappa shape index (κ3) is 2.76. The van der Waals surface area contributed by atoms with Crippen molar-refractivity contribution < 1.29 is 19.4 Å². The van der Waals surface area contributed by atoms with E-state index in [4.69, 9.17) is 21.4 Å². The van der Waals surface area contributed by atoms with Crippen molar-refractivity contribution in [1.82, 2.24) is 9.80 Å². The van der Waals surface area contributed by atoms with Crippen LogP contribution in [-0.2, 0) is 11.2 Å². The molecule has 1 N–H and O–H groups in total. The second kappa shape index (κ2) is 5.44. The van der Waals surface area contributed by atoms with Gasteiger partial charge < -0.3 is 19.6 Å². The first-order valence-corrected chi connectivity index (χ1v) is 7.14. The number of carbonyl (C=O) groups excluding carboxylic acids is 1. The van der Waals surface area contributed by atoms with Crippen molar-refractivity contribution in [3.63, 3.8) is 0 Å². The van der Waals surface area contributed by atoms with E-state index < -0.39 is 12.2 Å². The molecule has 112 valence electrons. The quantitative estimate of drug-likeness (QED) is 0.852. The molecule has 0 aliphatic carbocycles. The molecule has 6 nitrogen and oxygen atoms in total. The maximum atomic E-state index is 12.4. The number of fused-ring (bicyclic) bond motifs is 1. The predicted molar refractivity (Wildman–Crippen MR) is 75.7 cm³/mol. The molecule has 1 atom stereocenters. The van der Waals surface area contributed by atoms with Crippen molar-refractivity contribution in [3.8, 4) is 5.75 Å². The number of halogens is 1. The molecule has 3 rings (SSSR count). The zero-order valence-corrected chi connectivity index (χ0v) is 12.0. The Morgan fingerprint density at radius 3 is 2.52 bits per heavy atom. The van der Waals surface area contributed by atoms with Gasteiger partial charge in [-0.05, 0) is 23.8 Å². The van der Waals surface area contributed by atoms with Gasteiger partial charge in [0.1, 0.15) is 5.75 Å². The molecule has 21 heavy (non-hydrogen) atoms. The van der Waals surface area contributed by atoms with Crippen LogP contribution in [0.15, 0.2) is 18.2 Å². The van der Waals surface area contributed by atoms with Crippen LogP contribution in [0, 0.1) is 0 Å². The van der Waals surface area contributed by atoms with Crippen molar-refractivity contribution in [2.75, 3.05) is 26.2 Å². The summed E-state index contributed by atoms with van der Waals surface area (Å²) >= 11 is 5.93. The van der Waals surface area contributed by atoms with E-state index in [1.807, 2.05) is 6.07 Å². The number of benzene rings is 1. The number of rotatable bonds is 1. The summed E-state index contributed by atoms with van der Waals surface area (Å²) < 4.78 is 5.67. The summed E-state index contributed by atoms with van der Waals surface area (Å²) in [6.45, 7) is 1.49. The van der Waals surface area contributed by atoms with Crippen molar-refractivity contribution in [2.45, 2.75) is 12.5 Å². The molecule has 2 aliphatic heterocycles. The van der Waals surface area contributed by atoms with E-state index >= 15 is 0 Å². The molecule has 0 bridgehead atoms. The standard InChI is InChI=1S/C14H15ClN2O4/c15-10-1-2-11-9(7-10)8-12(21-11)13(18)16-3-5-17(6-4-16)14(19)20/h1-2,7,12H,3-6,8H2,(H,19,20). The molecule has 0 saturated carbocycles. The molecular weight excluding hydrogens is 296 g/mol. The zero-order chi connectivity index (χ0) is 15.0. The SMILES string of the molecule is O=C(O)N1CCN(C(=O)C2Cc3cc(Cl)ccc3O2)CC1. The first kappa shape index (κ1) is 14.0. The predicted octanol–water partition coefficient (Wildman–Crippen LogP) is 1.47. The molecule has 1 aromatic rings. The van der Waals surface area contributed by atoms with Crippen molar-refractivity contribution >= 4 is 23.6 Å². The van der Waals surface area contributed by atoms with Gasteiger partial charge in [-0.3, -0.25) is 4.79 Å². The molecular formula is C14H15ClN2O4. The van der Waals surface area contributed by atoms with Crippen LogP contribution in [0.4, 0.5) is 4.79 Å². The first-order valence-electron chi connectivity index (χ1n) is 6.76. The largest absolute Gasteiger partial charge is 0.480 e. The fourth-order valence-electron chi connectivity index (χ4n) is 2.68. The van der Waals surface area contributed by atoms with Crippen LogP contribution in [0.1, 0.15) is 5.56 Å². The fourth-order valence-corrected chi connectivity index (χ4v) is 2.87. The number of carboxylic acid groups (broad SMARTS) is 1. The van der Waals surface area contributed by atoms with Gasteiger partial charge in [0.25, 0.3) is 5.91 Å². The number of amides is 2. The second-order valence-corrected chi connectivity index (χ2v) is 5.59. The van der Waals surface area contributed by atoms with Crippen LogP contribution in [0.3, 0.4) is 0 Å². The van der Waals surface area contributed by atoms with Crippen LogP contribution in [0.2, 0.25) is 5.02 Å². The minimum absolute atomic E-state index is 0.0904. The van der Waals surface area contributed by atoms with Gasteiger partial charge in [0.05, 0.1) is 0 Å². The Balaban J connectivity index is 1.62. The zero-order valence-electron chi connectivity index (χ0n) is 11.3. The van der Waals surface area contributed by atoms with E-state index in [0.29, 0.717) is 43.4 Å². The highest BCUT2D eigenvalue weighted by molar-refractivity contribution is 6.30. The van der Waals surface area contributed by atoms with Crippen molar-refractivity contribution in [2.24, 2.45) is 0 Å². The Kier molecular flexibility index (Phi) is 3.63. The van der Waals surface area contributed by atoms with Crippen LogP contribution < -0.4 is 4.74 Å². The Morgan fingerprint density at radius 2 is 1.86 bits per heavy atom. The minimum Gasteiger partial charge on any atom is -0.480 e.